The van der Waals surface area contributed by atoms with Gasteiger partial charge in [-0.15, -0.1) is 0 Å². The molecule has 0 heterocycles. The molecule has 0 aliphatic heterocycles. The Bertz CT molecular complexity index is 724. The standard InChI is InChI=1S/C17H15Cl2NO3/c1-22-15-4-5-16(23-2)11(7-15)3-6-17(21)20-14-9-12(18)8-13(19)10-14/h3-10H,1-2H3,(H,20,21)/b6-3+. The van der Waals surface area contributed by atoms with Crippen molar-refractivity contribution in [2.45, 2.75) is 0 Å². The summed E-state index contributed by atoms with van der Waals surface area (Å²) in [5.74, 6) is 1.00. The lowest BCUT2D eigenvalue weighted by molar-refractivity contribution is -0.111. The number of methoxy groups -OCH3 is 2. The lowest BCUT2D eigenvalue weighted by Crippen LogP contribution is -2.07. The average Bonchev–Trinajstić information content (AvgIpc) is 2.51. The predicted octanol–water partition coefficient (Wildman–Crippen LogP) is 4.66. The van der Waals surface area contributed by atoms with Crippen LogP contribution in [0.1, 0.15) is 5.56 Å². The van der Waals surface area contributed by atoms with E-state index in [0.29, 0.717) is 27.2 Å². The minimum Gasteiger partial charge on any atom is -0.497 e. The second kappa shape index (κ2) is 7.90. The molecule has 2 aromatic carbocycles. The number of nitrogens with one attached hydrogen (secondary N) is 1. The highest BCUT2D eigenvalue weighted by molar-refractivity contribution is 6.35. The van der Waals surface area contributed by atoms with E-state index in [1.807, 2.05) is 0 Å². The van der Waals surface area contributed by atoms with Gasteiger partial charge in [0.2, 0.25) is 5.91 Å². The van der Waals surface area contributed by atoms with Crippen molar-refractivity contribution in [2.75, 3.05) is 19.5 Å². The van der Waals surface area contributed by atoms with E-state index >= 15 is 0 Å². The Labute approximate surface area is 144 Å². The third kappa shape index (κ3) is 4.91. The molecule has 0 atom stereocenters. The Morgan fingerprint density at radius 2 is 1.74 bits per heavy atom. The molecular formula is C17H15Cl2NO3. The summed E-state index contributed by atoms with van der Waals surface area (Å²) in [7, 11) is 3.14. The highest BCUT2D eigenvalue weighted by Crippen LogP contribution is 2.25. The van der Waals surface area contributed by atoms with Crippen LogP contribution in [0.4, 0.5) is 5.69 Å². The Kier molecular flexibility index (Phi) is 5.90. The van der Waals surface area contributed by atoms with Gasteiger partial charge in [0.1, 0.15) is 11.5 Å². The Morgan fingerprint density at radius 3 is 2.35 bits per heavy atom. The molecule has 6 heteroatoms. The van der Waals surface area contributed by atoms with Gasteiger partial charge in [0.15, 0.2) is 0 Å². The zero-order valence-electron chi connectivity index (χ0n) is 12.6. The summed E-state index contributed by atoms with van der Waals surface area (Å²) in [4.78, 5) is 12.0. The summed E-state index contributed by atoms with van der Waals surface area (Å²) in [5, 5.41) is 3.59. The topological polar surface area (TPSA) is 47.6 Å². The fourth-order valence-corrected chi connectivity index (χ4v) is 2.47. The quantitative estimate of drug-likeness (QED) is 0.796. The van der Waals surface area contributed by atoms with E-state index in [9.17, 15) is 4.79 Å². The van der Waals surface area contributed by atoms with Gasteiger partial charge in [-0.25, -0.2) is 0 Å². The number of benzene rings is 2. The van der Waals surface area contributed by atoms with Crippen LogP contribution < -0.4 is 14.8 Å². The molecule has 0 fully saturated rings. The van der Waals surface area contributed by atoms with Crippen LogP contribution in [0.3, 0.4) is 0 Å². The number of rotatable bonds is 5. The first-order valence-electron chi connectivity index (χ1n) is 6.69. The van der Waals surface area contributed by atoms with E-state index in [4.69, 9.17) is 32.7 Å². The first-order chi connectivity index (χ1) is 11.0. The monoisotopic (exact) mass is 351 g/mol. The number of carbonyl (C=O) groups excluding carboxylic acids is 1. The summed E-state index contributed by atoms with van der Waals surface area (Å²) in [5.41, 5.74) is 1.25. The lowest BCUT2D eigenvalue weighted by Gasteiger charge is -2.07. The van der Waals surface area contributed by atoms with Gasteiger partial charge in [-0.1, -0.05) is 23.2 Å². The lowest BCUT2D eigenvalue weighted by atomic mass is 10.1. The average molecular weight is 352 g/mol. The summed E-state index contributed by atoms with van der Waals surface area (Å²) in [6.45, 7) is 0. The zero-order chi connectivity index (χ0) is 16.8. The molecule has 2 rings (SSSR count). The van der Waals surface area contributed by atoms with Crippen LogP contribution in [0.15, 0.2) is 42.5 Å². The van der Waals surface area contributed by atoms with Crippen molar-refractivity contribution in [3.8, 4) is 11.5 Å². The third-order valence-corrected chi connectivity index (χ3v) is 3.42. The van der Waals surface area contributed by atoms with Crippen LogP contribution in [0.25, 0.3) is 6.08 Å². The minimum atomic E-state index is -0.312. The fourth-order valence-electron chi connectivity index (χ4n) is 1.95. The van der Waals surface area contributed by atoms with Gasteiger partial charge in [-0.3, -0.25) is 4.79 Å². The van der Waals surface area contributed by atoms with Crippen molar-refractivity contribution in [3.05, 3.63) is 58.1 Å². The van der Waals surface area contributed by atoms with Gasteiger partial charge in [-0.05, 0) is 42.5 Å². The van der Waals surface area contributed by atoms with Gasteiger partial charge in [0.05, 0.1) is 14.2 Å². The molecule has 0 aliphatic rings. The normalized spacial score (nSPS) is 10.6. The van der Waals surface area contributed by atoms with Crippen molar-refractivity contribution in [1.82, 2.24) is 0 Å². The molecule has 0 saturated carbocycles. The molecule has 1 N–H and O–H groups in total. The molecule has 2 aromatic rings. The van der Waals surface area contributed by atoms with Gasteiger partial charge < -0.3 is 14.8 Å². The molecule has 0 aliphatic carbocycles. The van der Waals surface area contributed by atoms with Crippen LogP contribution in [0.2, 0.25) is 10.0 Å². The van der Waals surface area contributed by atoms with Crippen LogP contribution in [-0.2, 0) is 4.79 Å². The SMILES string of the molecule is COc1ccc(OC)c(/C=C/C(=O)Nc2cc(Cl)cc(Cl)c2)c1. The molecule has 1 amide bonds. The molecule has 0 unspecified atom stereocenters. The smallest absolute Gasteiger partial charge is 0.248 e. The zero-order valence-corrected chi connectivity index (χ0v) is 14.1. The van der Waals surface area contributed by atoms with Crippen LogP contribution >= 0.6 is 23.2 Å². The van der Waals surface area contributed by atoms with E-state index in [0.717, 1.165) is 5.56 Å². The predicted molar refractivity (Wildman–Crippen MR) is 93.7 cm³/mol. The number of halogens is 2. The van der Waals surface area contributed by atoms with Crippen molar-refractivity contribution >= 4 is 40.9 Å². The van der Waals surface area contributed by atoms with Crippen molar-refractivity contribution in [3.63, 3.8) is 0 Å². The van der Waals surface area contributed by atoms with E-state index < -0.39 is 0 Å². The molecule has 120 valence electrons. The molecule has 0 radical (unpaired) electrons. The first kappa shape index (κ1) is 17.2. The summed E-state index contributed by atoms with van der Waals surface area (Å²) in [6.07, 6.45) is 3.04. The minimum absolute atomic E-state index is 0.312. The molecule has 23 heavy (non-hydrogen) atoms. The number of carbonyl (C=O) groups is 1. The summed E-state index contributed by atoms with van der Waals surface area (Å²) >= 11 is 11.8. The number of hydrogen-bond donors (Lipinski definition) is 1. The third-order valence-electron chi connectivity index (χ3n) is 2.98. The van der Waals surface area contributed by atoms with Gasteiger partial charge in [0.25, 0.3) is 0 Å². The van der Waals surface area contributed by atoms with Crippen LogP contribution in [0, 0.1) is 0 Å². The maximum absolute atomic E-state index is 12.0. The second-order valence-electron chi connectivity index (χ2n) is 4.59. The van der Waals surface area contributed by atoms with E-state index in [2.05, 4.69) is 5.32 Å². The molecule has 0 spiro atoms. The van der Waals surface area contributed by atoms with E-state index in [1.165, 1.54) is 6.08 Å². The number of amides is 1. The molecule has 0 saturated heterocycles. The van der Waals surface area contributed by atoms with E-state index in [1.54, 1.807) is 56.7 Å². The molecule has 0 aromatic heterocycles. The van der Waals surface area contributed by atoms with Gasteiger partial charge in [0, 0.05) is 27.4 Å². The maximum Gasteiger partial charge on any atom is 0.248 e. The number of anilines is 1. The van der Waals surface area contributed by atoms with Gasteiger partial charge in [-0.2, -0.15) is 0 Å². The molecule has 4 nitrogen and oxygen atoms in total. The maximum atomic E-state index is 12.0. The number of ether oxygens (including phenoxy) is 2. The van der Waals surface area contributed by atoms with Crippen molar-refractivity contribution < 1.29 is 14.3 Å². The first-order valence-corrected chi connectivity index (χ1v) is 7.44. The second-order valence-corrected chi connectivity index (χ2v) is 5.46. The van der Waals surface area contributed by atoms with Crippen molar-refractivity contribution in [2.24, 2.45) is 0 Å². The molecule has 0 bridgehead atoms. The van der Waals surface area contributed by atoms with Gasteiger partial charge >= 0.3 is 0 Å². The molecular weight excluding hydrogens is 337 g/mol. The largest absolute Gasteiger partial charge is 0.497 e. The Balaban J connectivity index is 2.14. The Morgan fingerprint density at radius 1 is 1.04 bits per heavy atom. The summed E-state index contributed by atoms with van der Waals surface area (Å²) in [6, 6.07) is 10.2. The number of hydrogen-bond acceptors (Lipinski definition) is 3. The van der Waals surface area contributed by atoms with Crippen LogP contribution in [-0.4, -0.2) is 20.1 Å². The highest BCUT2D eigenvalue weighted by atomic mass is 35.5. The highest BCUT2D eigenvalue weighted by Gasteiger charge is 2.04. The summed E-state index contributed by atoms with van der Waals surface area (Å²) < 4.78 is 10.4. The van der Waals surface area contributed by atoms with Crippen LogP contribution in [0.5, 0.6) is 11.5 Å². The van der Waals surface area contributed by atoms with Crippen molar-refractivity contribution in [1.29, 1.82) is 0 Å². The fraction of sp³-hybridized carbons (Fsp3) is 0.118. The Hall–Kier alpha value is -2.17. The van der Waals surface area contributed by atoms with E-state index in [-0.39, 0.29) is 5.91 Å².